The predicted octanol–water partition coefficient (Wildman–Crippen LogP) is 1.11. The summed E-state index contributed by atoms with van der Waals surface area (Å²) in [5.41, 5.74) is 12.1. The van der Waals surface area contributed by atoms with Crippen LogP contribution < -0.4 is 27.4 Å². The second kappa shape index (κ2) is 19.9. The van der Waals surface area contributed by atoms with Gasteiger partial charge in [0.15, 0.2) is 5.78 Å². The van der Waals surface area contributed by atoms with E-state index in [9.17, 15) is 19.2 Å². The molecule has 2 atom stereocenters. The molecule has 0 aliphatic rings. The molecule has 0 saturated carbocycles. The summed E-state index contributed by atoms with van der Waals surface area (Å²) in [6, 6.07) is 5.90. The third kappa shape index (κ3) is 15.8. The number of Topliss-reactive ketones (excluding diaryl/α,β-unsaturated/α-hetero) is 1. The van der Waals surface area contributed by atoms with Crippen LogP contribution in [0.5, 0.6) is 0 Å². The third-order valence-corrected chi connectivity index (χ3v) is 5.74. The van der Waals surface area contributed by atoms with Crippen molar-refractivity contribution >= 4 is 29.3 Å². The lowest BCUT2D eigenvalue weighted by Gasteiger charge is -2.24. The van der Waals surface area contributed by atoms with Crippen LogP contribution in [-0.2, 0) is 28.6 Å². The monoisotopic (exact) mass is 551 g/mol. The van der Waals surface area contributed by atoms with E-state index in [0.29, 0.717) is 51.5 Å². The van der Waals surface area contributed by atoms with Crippen molar-refractivity contribution in [3.8, 4) is 0 Å². The number of hydrogen-bond donors (Lipinski definition) is 5. The quantitative estimate of drug-likeness (QED) is 0.141. The predicted molar refractivity (Wildman–Crippen MR) is 148 cm³/mol. The van der Waals surface area contributed by atoms with Crippen molar-refractivity contribution in [1.29, 1.82) is 0 Å². The molecule has 12 heteroatoms. The molecule has 0 aliphatic heterocycles. The number of rotatable bonds is 21. The second-order valence-corrected chi connectivity index (χ2v) is 9.51. The molecule has 2 unspecified atom stereocenters. The molecule has 39 heavy (non-hydrogen) atoms. The summed E-state index contributed by atoms with van der Waals surface area (Å²) < 4.78 is 15.9. The van der Waals surface area contributed by atoms with Gasteiger partial charge in [0, 0.05) is 31.1 Å². The molecule has 0 bridgehead atoms. The number of ether oxygens (including phenoxy) is 3. The molecule has 1 aromatic carbocycles. The standard InChI is InChI=1S/C27H45N5O7/c1-19(2)25(32-24(34)18-39-16-15-38-14-13-37-12-10-28)23(33)17-21(5-4-11-30-27(29)36)26(35)31-22-8-6-20(3)7-9-22/h6-9,19,21,25H,4-5,10-18,28H2,1-3H3,(H,31,35)(H,32,34)(H3,29,30,36). The normalized spacial score (nSPS) is 12.5. The zero-order valence-electron chi connectivity index (χ0n) is 23.3. The SMILES string of the molecule is Cc1ccc(NC(=O)C(CCCNC(N)=O)CC(=O)C(NC(=O)COCCOCCOCCN)C(C)C)cc1. The summed E-state index contributed by atoms with van der Waals surface area (Å²) in [7, 11) is 0. The Bertz CT molecular complexity index is 880. The van der Waals surface area contributed by atoms with E-state index in [2.05, 4.69) is 16.0 Å². The lowest BCUT2D eigenvalue weighted by molar-refractivity contribution is -0.133. The number of nitrogens with one attached hydrogen (secondary N) is 3. The number of primary amides is 1. The van der Waals surface area contributed by atoms with Crippen LogP contribution >= 0.6 is 0 Å². The number of hydrogen-bond acceptors (Lipinski definition) is 8. The number of ketones is 1. The van der Waals surface area contributed by atoms with Crippen LogP contribution in [0, 0.1) is 18.8 Å². The molecule has 0 saturated heterocycles. The van der Waals surface area contributed by atoms with E-state index in [-0.39, 0.29) is 43.8 Å². The topological polar surface area (TPSA) is 184 Å². The summed E-state index contributed by atoms with van der Waals surface area (Å²) in [5, 5.41) is 8.08. The lowest BCUT2D eigenvalue weighted by atomic mass is 9.89. The van der Waals surface area contributed by atoms with Crippen LogP contribution in [0.15, 0.2) is 24.3 Å². The van der Waals surface area contributed by atoms with Gasteiger partial charge in [-0.3, -0.25) is 14.4 Å². The van der Waals surface area contributed by atoms with E-state index in [0.717, 1.165) is 5.56 Å². The summed E-state index contributed by atoms with van der Waals surface area (Å²) in [6.07, 6.45) is 0.733. The first-order valence-corrected chi connectivity index (χ1v) is 13.3. The van der Waals surface area contributed by atoms with Crippen molar-refractivity contribution < 1.29 is 33.4 Å². The van der Waals surface area contributed by atoms with Crippen molar-refractivity contribution in [2.75, 3.05) is 58.0 Å². The number of urea groups is 1. The van der Waals surface area contributed by atoms with Gasteiger partial charge in [-0.25, -0.2) is 4.79 Å². The maximum absolute atomic E-state index is 13.2. The Hall–Kier alpha value is -3.06. The highest BCUT2D eigenvalue weighted by Crippen LogP contribution is 2.19. The van der Waals surface area contributed by atoms with Gasteiger partial charge < -0.3 is 41.6 Å². The maximum Gasteiger partial charge on any atom is 0.312 e. The minimum absolute atomic E-state index is 0.0711. The van der Waals surface area contributed by atoms with E-state index in [1.54, 1.807) is 12.1 Å². The van der Waals surface area contributed by atoms with E-state index >= 15 is 0 Å². The number of carbonyl (C=O) groups is 4. The number of aryl methyl sites for hydroxylation is 1. The minimum Gasteiger partial charge on any atom is -0.378 e. The van der Waals surface area contributed by atoms with Gasteiger partial charge in [-0.05, 0) is 37.8 Å². The molecular weight excluding hydrogens is 506 g/mol. The summed E-state index contributed by atoms with van der Waals surface area (Å²) in [6.45, 7) is 7.92. The van der Waals surface area contributed by atoms with Gasteiger partial charge in [-0.15, -0.1) is 0 Å². The van der Waals surface area contributed by atoms with Gasteiger partial charge >= 0.3 is 6.03 Å². The van der Waals surface area contributed by atoms with Crippen molar-refractivity contribution in [1.82, 2.24) is 10.6 Å². The van der Waals surface area contributed by atoms with Crippen molar-refractivity contribution in [3.05, 3.63) is 29.8 Å². The Morgan fingerprint density at radius 2 is 1.54 bits per heavy atom. The third-order valence-electron chi connectivity index (χ3n) is 5.74. The summed E-state index contributed by atoms with van der Waals surface area (Å²) in [5.74, 6) is -1.85. The molecule has 0 aliphatic carbocycles. The van der Waals surface area contributed by atoms with Gasteiger partial charge in [-0.2, -0.15) is 0 Å². The van der Waals surface area contributed by atoms with Crippen LogP contribution in [0.25, 0.3) is 0 Å². The van der Waals surface area contributed by atoms with Crippen molar-refractivity contribution in [3.63, 3.8) is 0 Å². The van der Waals surface area contributed by atoms with Gasteiger partial charge in [0.2, 0.25) is 11.8 Å². The molecular formula is C27H45N5O7. The smallest absolute Gasteiger partial charge is 0.312 e. The maximum atomic E-state index is 13.2. The highest BCUT2D eigenvalue weighted by molar-refractivity contribution is 5.97. The first-order valence-electron chi connectivity index (χ1n) is 13.3. The van der Waals surface area contributed by atoms with E-state index in [1.807, 2.05) is 32.9 Å². The fourth-order valence-corrected chi connectivity index (χ4v) is 3.66. The molecule has 4 amide bonds. The number of carbonyl (C=O) groups excluding carboxylic acids is 4. The Kier molecular flexibility index (Phi) is 17.4. The largest absolute Gasteiger partial charge is 0.378 e. The van der Waals surface area contributed by atoms with Crippen LogP contribution in [0.4, 0.5) is 10.5 Å². The molecule has 12 nitrogen and oxygen atoms in total. The average Bonchev–Trinajstić information content (AvgIpc) is 2.88. The fraction of sp³-hybridized carbons (Fsp3) is 0.630. The molecule has 0 fully saturated rings. The van der Waals surface area contributed by atoms with Crippen LogP contribution in [0.3, 0.4) is 0 Å². The van der Waals surface area contributed by atoms with Crippen LogP contribution in [-0.4, -0.2) is 82.4 Å². The zero-order valence-corrected chi connectivity index (χ0v) is 23.3. The fourth-order valence-electron chi connectivity index (χ4n) is 3.66. The molecule has 0 heterocycles. The number of nitrogens with two attached hydrogens (primary N) is 2. The second-order valence-electron chi connectivity index (χ2n) is 9.51. The average molecular weight is 552 g/mol. The van der Waals surface area contributed by atoms with E-state index in [4.69, 9.17) is 25.7 Å². The molecule has 0 radical (unpaired) electrons. The summed E-state index contributed by atoms with van der Waals surface area (Å²) >= 11 is 0. The van der Waals surface area contributed by atoms with Crippen LogP contribution in [0.1, 0.15) is 38.7 Å². The molecule has 7 N–H and O–H groups in total. The first kappa shape index (κ1) is 34.0. The summed E-state index contributed by atoms with van der Waals surface area (Å²) in [4.78, 5) is 49.7. The van der Waals surface area contributed by atoms with E-state index < -0.39 is 23.9 Å². The van der Waals surface area contributed by atoms with Gasteiger partial charge in [-0.1, -0.05) is 31.5 Å². The van der Waals surface area contributed by atoms with Crippen LogP contribution in [0.2, 0.25) is 0 Å². The molecule has 220 valence electrons. The molecule has 1 rings (SSSR count). The number of anilines is 1. The Labute approximate surface area is 230 Å². The van der Waals surface area contributed by atoms with E-state index in [1.165, 1.54) is 0 Å². The van der Waals surface area contributed by atoms with Crippen molar-refractivity contribution in [2.45, 2.75) is 46.1 Å². The van der Waals surface area contributed by atoms with Gasteiger partial charge in [0.1, 0.15) is 6.61 Å². The number of benzene rings is 1. The molecule has 1 aromatic rings. The van der Waals surface area contributed by atoms with Crippen molar-refractivity contribution in [2.24, 2.45) is 23.3 Å². The Morgan fingerprint density at radius 3 is 2.13 bits per heavy atom. The molecule has 0 spiro atoms. The zero-order chi connectivity index (χ0) is 29.0. The van der Waals surface area contributed by atoms with Gasteiger partial charge in [0.05, 0.1) is 39.1 Å². The first-order chi connectivity index (χ1) is 18.6. The highest BCUT2D eigenvalue weighted by atomic mass is 16.5. The number of amides is 4. The molecule has 0 aromatic heterocycles. The Balaban J connectivity index is 2.63. The minimum atomic E-state index is -0.782. The Morgan fingerprint density at radius 1 is 0.923 bits per heavy atom. The highest BCUT2D eigenvalue weighted by Gasteiger charge is 2.29. The van der Waals surface area contributed by atoms with Gasteiger partial charge in [0.25, 0.3) is 0 Å². The lowest BCUT2D eigenvalue weighted by Crippen LogP contribution is -2.47.